The highest BCUT2D eigenvalue weighted by molar-refractivity contribution is 7.78. The van der Waals surface area contributed by atoms with Gasteiger partial charge in [-0.05, 0) is 25.0 Å². The Morgan fingerprint density at radius 2 is 2.09 bits per heavy atom. The van der Waals surface area contributed by atoms with Crippen molar-refractivity contribution in [3.8, 4) is 0 Å². The Labute approximate surface area is 72.4 Å². The summed E-state index contributed by atoms with van der Waals surface area (Å²) in [5.74, 6) is 0. The van der Waals surface area contributed by atoms with E-state index in [4.69, 9.17) is 5.41 Å². The zero-order valence-electron chi connectivity index (χ0n) is 6.68. The molecule has 3 heteroatoms. The van der Waals surface area contributed by atoms with E-state index < -0.39 is 0 Å². The summed E-state index contributed by atoms with van der Waals surface area (Å²) in [6.45, 7) is 3.93. The fourth-order valence-corrected chi connectivity index (χ4v) is 1.40. The first-order valence-electron chi connectivity index (χ1n) is 3.50. The van der Waals surface area contributed by atoms with Crippen LogP contribution < -0.4 is 4.72 Å². The topological polar surface area (TPSA) is 35.9 Å². The van der Waals surface area contributed by atoms with Gasteiger partial charge in [-0.1, -0.05) is 25.0 Å². The summed E-state index contributed by atoms with van der Waals surface area (Å²) >= 11 is 3.96. The Kier molecular flexibility index (Phi) is 2.52. The van der Waals surface area contributed by atoms with Crippen molar-refractivity contribution >= 4 is 18.5 Å². The fourth-order valence-electron chi connectivity index (χ4n) is 1.06. The molecule has 0 fully saturated rings. The van der Waals surface area contributed by atoms with E-state index in [0.29, 0.717) is 5.71 Å². The standard InChI is InChI=1S/C8H12N2S/c1-5-3-4-6(2)8(10-11)7(5)9/h3-4,8-11H,1-2H3. The molecule has 0 bridgehead atoms. The quantitative estimate of drug-likeness (QED) is 0.512. The lowest BCUT2D eigenvalue weighted by Crippen LogP contribution is -2.33. The molecule has 0 radical (unpaired) electrons. The van der Waals surface area contributed by atoms with Gasteiger partial charge >= 0.3 is 0 Å². The molecular weight excluding hydrogens is 156 g/mol. The second-order valence-corrected chi connectivity index (χ2v) is 2.99. The van der Waals surface area contributed by atoms with Crippen LogP contribution in [0.3, 0.4) is 0 Å². The maximum Gasteiger partial charge on any atom is 0.0796 e. The molecule has 0 saturated carbocycles. The largest absolute Gasteiger partial charge is 0.303 e. The summed E-state index contributed by atoms with van der Waals surface area (Å²) in [4.78, 5) is 0. The smallest absolute Gasteiger partial charge is 0.0796 e. The molecule has 1 aliphatic rings. The van der Waals surface area contributed by atoms with Crippen molar-refractivity contribution in [2.24, 2.45) is 0 Å². The van der Waals surface area contributed by atoms with E-state index in [1.165, 1.54) is 0 Å². The third kappa shape index (κ3) is 1.54. The van der Waals surface area contributed by atoms with Gasteiger partial charge in [0.1, 0.15) is 0 Å². The van der Waals surface area contributed by atoms with Gasteiger partial charge in [-0.15, -0.1) is 0 Å². The molecule has 0 spiro atoms. The van der Waals surface area contributed by atoms with E-state index in [0.717, 1.165) is 11.1 Å². The SMILES string of the molecule is CC1=CC=C(C)C(NS)C1=N. The zero-order valence-corrected chi connectivity index (χ0v) is 7.57. The Morgan fingerprint density at radius 1 is 1.45 bits per heavy atom. The highest BCUT2D eigenvalue weighted by Crippen LogP contribution is 2.15. The lowest BCUT2D eigenvalue weighted by atomic mass is 9.94. The van der Waals surface area contributed by atoms with Crippen molar-refractivity contribution in [2.45, 2.75) is 19.9 Å². The number of nitrogens with one attached hydrogen (secondary N) is 2. The number of thiol groups is 1. The van der Waals surface area contributed by atoms with Crippen LogP contribution in [0.25, 0.3) is 0 Å². The van der Waals surface area contributed by atoms with Gasteiger partial charge in [0.15, 0.2) is 0 Å². The van der Waals surface area contributed by atoms with Crippen LogP contribution in [0.2, 0.25) is 0 Å². The van der Waals surface area contributed by atoms with Crippen molar-refractivity contribution in [3.63, 3.8) is 0 Å². The van der Waals surface area contributed by atoms with E-state index in [1.54, 1.807) is 0 Å². The van der Waals surface area contributed by atoms with Crippen LogP contribution in [0.5, 0.6) is 0 Å². The van der Waals surface area contributed by atoms with Crippen molar-refractivity contribution in [1.29, 1.82) is 5.41 Å². The average molecular weight is 168 g/mol. The molecule has 0 saturated heterocycles. The molecule has 1 aliphatic carbocycles. The first-order valence-corrected chi connectivity index (χ1v) is 3.95. The molecule has 11 heavy (non-hydrogen) atoms. The van der Waals surface area contributed by atoms with Crippen molar-refractivity contribution < 1.29 is 0 Å². The Hall–Kier alpha value is -0.540. The van der Waals surface area contributed by atoms with Gasteiger partial charge in [-0.3, -0.25) is 4.72 Å². The summed E-state index contributed by atoms with van der Waals surface area (Å²) in [6, 6.07) is -0.0108. The molecule has 1 rings (SSSR count). The molecule has 0 amide bonds. The van der Waals surface area contributed by atoms with Gasteiger partial charge in [-0.25, -0.2) is 0 Å². The molecule has 2 N–H and O–H groups in total. The molecular formula is C8H12N2S. The molecule has 0 aromatic carbocycles. The maximum atomic E-state index is 7.66. The Balaban J connectivity index is 2.93. The Morgan fingerprint density at radius 3 is 2.55 bits per heavy atom. The fraction of sp³-hybridized carbons (Fsp3) is 0.375. The molecule has 1 atom stereocenters. The molecule has 0 heterocycles. The summed E-state index contributed by atoms with van der Waals surface area (Å²) < 4.78 is 2.79. The minimum atomic E-state index is -0.0108. The number of rotatable bonds is 1. The highest BCUT2D eigenvalue weighted by atomic mass is 32.1. The Bertz CT molecular complexity index is 238. The second-order valence-electron chi connectivity index (χ2n) is 2.74. The van der Waals surface area contributed by atoms with Gasteiger partial charge in [0.2, 0.25) is 0 Å². The zero-order chi connectivity index (χ0) is 8.43. The van der Waals surface area contributed by atoms with Crippen molar-refractivity contribution in [3.05, 3.63) is 23.3 Å². The van der Waals surface area contributed by atoms with Gasteiger partial charge in [0, 0.05) is 0 Å². The lowest BCUT2D eigenvalue weighted by Gasteiger charge is -2.21. The summed E-state index contributed by atoms with van der Waals surface area (Å²) in [7, 11) is 0. The van der Waals surface area contributed by atoms with Crippen LogP contribution >= 0.6 is 12.8 Å². The van der Waals surface area contributed by atoms with E-state index in [-0.39, 0.29) is 6.04 Å². The molecule has 0 aromatic rings. The van der Waals surface area contributed by atoms with Crippen molar-refractivity contribution in [1.82, 2.24) is 4.72 Å². The average Bonchev–Trinajstić information content (AvgIpc) is 1.99. The molecule has 60 valence electrons. The van der Waals surface area contributed by atoms with Crippen LogP contribution in [0.4, 0.5) is 0 Å². The van der Waals surface area contributed by atoms with E-state index >= 15 is 0 Å². The van der Waals surface area contributed by atoms with Crippen LogP contribution in [-0.4, -0.2) is 11.8 Å². The molecule has 0 aliphatic heterocycles. The molecule has 2 nitrogen and oxygen atoms in total. The third-order valence-corrected chi connectivity index (χ3v) is 2.15. The number of allylic oxidation sites excluding steroid dienone is 2. The third-order valence-electron chi connectivity index (χ3n) is 1.89. The van der Waals surface area contributed by atoms with E-state index in [2.05, 4.69) is 17.5 Å². The predicted molar refractivity (Wildman–Crippen MR) is 51.2 cm³/mol. The highest BCUT2D eigenvalue weighted by Gasteiger charge is 2.18. The van der Waals surface area contributed by atoms with E-state index in [9.17, 15) is 0 Å². The summed E-state index contributed by atoms with van der Waals surface area (Å²) in [6.07, 6.45) is 3.97. The van der Waals surface area contributed by atoms with E-state index in [1.807, 2.05) is 26.0 Å². The predicted octanol–water partition coefficient (Wildman–Crippen LogP) is 1.72. The minimum absolute atomic E-state index is 0.0108. The first kappa shape index (κ1) is 8.56. The van der Waals surface area contributed by atoms with Crippen LogP contribution in [-0.2, 0) is 0 Å². The number of hydrogen-bond acceptors (Lipinski definition) is 3. The van der Waals surface area contributed by atoms with Gasteiger partial charge in [0.05, 0.1) is 11.8 Å². The monoisotopic (exact) mass is 168 g/mol. The summed E-state index contributed by atoms with van der Waals surface area (Å²) in [5.41, 5.74) is 2.75. The van der Waals surface area contributed by atoms with Gasteiger partial charge in [0.25, 0.3) is 0 Å². The molecule has 0 aromatic heterocycles. The van der Waals surface area contributed by atoms with Crippen LogP contribution in [0.15, 0.2) is 23.3 Å². The maximum absolute atomic E-state index is 7.66. The number of hydrogen-bond donors (Lipinski definition) is 3. The van der Waals surface area contributed by atoms with Crippen LogP contribution in [0, 0.1) is 5.41 Å². The van der Waals surface area contributed by atoms with Gasteiger partial charge < -0.3 is 5.41 Å². The summed E-state index contributed by atoms with van der Waals surface area (Å²) in [5, 5.41) is 7.66. The first-order chi connectivity index (χ1) is 5.16. The van der Waals surface area contributed by atoms with Crippen LogP contribution in [0.1, 0.15) is 13.8 Å². The molecule has 1 unspecified atom stereocenters. The minimum Gasteiger partial charge on any atom is -0.303 e. The lowest BCUT2D eigenvalue weighted by molar-refractivity contribution is 0.907. The van der Waals surface area contributed by atoms with Crippen molar-refractivity contribution in [2.75, 3.05) is 0 Å². The van der Waals surface area contributed by atoms with Gasteiger partial charge in [-0.2, -0.15) is 0 Å². The second kappa shape index (κ2) is 3.24. The normalized spacial score (nSPS) is 24.6.